The van der Waals surface area contributed by atoms with Crippen molar-refractivity contribution in [2.24, 2.45) is 0 Å². The minimum absolute atomic E-state index is 0.0644. The third kappa shape index (κ3) is 4.22. The number of benzene rings is 2. The normalized spacial score (nSPS) is 15.7. The molecule has 0 unspecified atom stereocenters. The molecule has 0 bridgehead atoms. The van der Waals surface area contributed by atoms with Gasteiger partial charge in [0.25, 0.3) is 5.91 Å². The Balaban J connectivity index is 1.31. The molecule has 0 spiro atoms. The number of Topliss-reactive ketones (excluding diaryl/α,β-unsaturated/α-hetero) is 1. The number of amides is 1. The summed E-state index contributed by atoms with van der Waals surface area (Å²) in [6, 6.07) is 10.2. The molecule has 1 N–H and O–H groups in total. The predicted octanol–water partition coefficient (Wildman–Crippen LogP) is 2.54. The number of para-hydroxylation sites is 1. The van der Waals surface area contributed by atoms with Crippen molar-refractivity contribution in [2.45, 2.75) is 25.9 Å². The van der Waals surface area contributed by atoms with E-state index < -0.39 is 18.4 Å². The van der Waals surface area contributed by atoms with Gasteiger partial charge in [-0.25, -0.2) is 4.79 Å². The van der Waals surface area contributed by atoms with Crippen LogP contribution in [0.25, 0.3) is 0 Å². The molecule has 0 radical (unpaired) electrons. The molecule has 8 nitrogen and oxygen atoms in total. The van der Waals surface area contributed by atoms with Crippen LogP contribution in [0.3, 0.4) is 0 Å². The Morgan fingerprint density at radius 3 is 2.83 bits per heavy atom. The molecule has 156 valence electrons. The third-order valence-electron chi connectivity index (χ3n) is 4.70. The molecule has 0 fully saturated rings. The number of hydrogen-bond donors (Lipinski definition) is 1. The molecule has 2 aliphatic heterocycles. The summed E-state index contributed by atoms with van der Waals surface area (Å²) in [6.45, 7) is 3.11. The van der Waals surface area contributed by atoms with Gasteiger partial charge in [0.1, 0.15) is 11.4 Å². The van der Waals surface area contributed by atoms with Crippen molar-refractivity contribution in [2.75, 3.05) is 25.1 Å². The molecule has 1 amide bonds. The maximum atomic E-state index is 12.3. The van der Waals surface area contributed by atoms with Crippen molar-refractivity contribution in [1.29, 1.82) is 0 Å². The van der Waals surface area contributed by atoms with Crippen molar-refractivity contribution in [3.05, 3.63) is 47.5 Å². The van der Waals surface area contributed by atoms with Gasteiger partial charge in [0.2, 0.25) is 0 Å². The van der Waals surface area contributed by atoms with Crippen LogP contribution in [-0.4, -0.2) is 43.1 Å². The highest BCUT2D eigenvalue weighted by molar-refractivity contribution is 6.01. The van der Waals surface area contributed by atoms with Gasteiger partial charge in [-0.15, -0.1) is 0 Å². The summed E-state index contributed by atoms with van der Waals surface area (Å²) < 4.78 is 21.7. The van der Waals surface area contributed by atoms with E-state index in [1.54, 1.807) is 18.2 Å². The standard InChI is InChI=1S/C22H21NO7/c1-22(2)9-14-4-3-5-18(21(14)30-22)28-12-20(26)29-10-16(24)13-6-7-17-15(8-13)23-19(25)11-27-17/h3-8H,9-12H2,1-2H3,(H,23,25). The zero-order chi connectivity index (χ0) is 21.3. The average molecular weight is 411 g/mol. The summed E-state index contributed by atoms with van der Waals surface area (Å²) in [5.74, 6) is 0.203. The van der Waals surface area contributed by atoms with Crippen molar-refractivity contribution in [3.63, 3.8) is 0 Å². The monoisotopic (exact) mass is 411 g/mol. The number of rotatable bonds is 6. The number of carbonyl (C=O) groups is 3. The van der Waals surface area contributed by atoms with Gasteiger partial charge in [-0.05, 0) is 38.1 Å². The second-order valence-corrected chi connectivity index (χ2v) is 7.70. The van der Waals surface area contributed by atoms with Gasteiger partial charge in [-0.1, -0.05) is 12.1 Å². The molecule has 0 aromatic heterocycles. The number of ketones is 1. The van der Waals surface area contributed by atoms with Crippen LogP contribution in [0.1, 0.15) is 29.8 Å². The molecule has 0 saturated heterocycles. The highest BCUT2D eigenvalue weighted by atomic mass is 16.6. The SMILES string of the molecule is CC1(C)Cc2cccc(OCC(=O)OCC(=O)c3ccc4c(c3)NC(=O)CO4)c2O1. The summed E-state index contributed by atoms with van der Waals surface area (Å²) >= 11 is 0. The van der Waals surface area contributed by atoms with Crippen molar-refractivity contribution >= 4 is 23.3 Å². The second-order valence-electron chi connectivity index (χ2n) is 7.70. The van der Waals surface area contributed by atoms with Gasteiger partial charge in [0, 0.05) is 17.5 Å². The zero-order valence-corrected chi connectivity index (χ0v) is 16.7. The smallest absolute Gasteiger partial charge is 0.344 e. The summed E-state index contributed by atoms with van der Waals surface area (Å²) in [5.41, 5.74) is 1.40. The predicted molar refractivity (Wildman–Crippen MR) is 106 cm³/mol. The Labute approximate surface area is 173 Å². The Kier molecular flexibility index (Phi) is 5.07. The zero-order valence-electron chi connectivity index (χ0n) is 16.7. The van der Waals surface area contributed by atoms with Crippen LogP contribution in [0.5, 0.6) is 17.2 Å². The molecule has 2 aromatic carbocycles. The second kappa shape index (κ2) is 7.70. The van der Waals surface area contributed by atoms with Gasteiger partial charge in [0.05, 0.1) is 5.69 Å². The average Bonchev–Trinajstić information content (AvgIpc) is 3.04. The van der Waals surface area contributed by atoms with Crippen molar-refractivity contribution in [3.8, 4) is 17.2 Å². The minimum atomic E-state index is -0.673. The number of anilines is 1. The van der Waals surface area contributed by atoms with Gasteiger partial charge in [0.15, 0.2) is 37.1 Å². The first-order valence-electron chi connectivity index (χ1n) is 9.50. The lowest BCUT2D eigenvalue weighted by molar-refractivity contribution is -0.144. The van der Waals surface area contributed by atoms with Gasteiger partial charge in [-0.2, -0.15) is 0 Å². The van der Waals surface area contributed by atoms with E-state index in [-0.39, 0.29) is 24.7 Å². The van der Waals surface area contributed by atoms with Crippen LogP contribution < -0.4 is 19.5 Å². The van der Waals surface area contributed by atoms with E-state index in [1.165, 1.54) is 6.07 Å². The Bertz CT molecular complexity index is 1030. The van der Waals surface area contributed by atoms with Crippen LogP contribution in [0.15, 0.2) is 36.4 Å². The molecule has 0 aliphatic carbocycles. The lowest BCUT2D eigenvalue weighted by Crippen LogP contribution is -2.26. The van der Waals surface area contributed by atoms with Crippen molar-refractivity contribution < 1.29 is 33.3 Å². The first-order valence-corrected chi connectivity index (χ1v) is 9.50. The number of fused-ring (bicyclic) bond motifs is 2. The van der Waals surface area contributed by atoms with E-state index in [0.29, 0.717) is 28.5 Å². The molecule has 0 atom stereocenters. The molecule has 2 aromatic rings. The Morgan fingerprint density at radius 2 is 2.00 bits per heavy atom. The number of ether oxygens (including phenoxy) is 4. The van der Waals surface area contributed by atoms with E-state index >= 15 is 0 Å². The summed E-state index contributed by atoms with van der Waals surface area (Å²) in [7, 11) is 0. The van der Waals surface area contributed by atoms with E-state index in [1.807, 2.05) is 26.0 Å². The van der Waals surface area contributed by atoms with Gasteiger partial charge < -0.3 is 24.3 Å². The maximum Gasteiger partial charge on any atom is 0.344 e. The first kappa shape index (κ1) is 19.8. The quantitative estimate of drug-likeness (QED) is 0.576. The van der Waals surface area contributed by atoms with Crippen LogP contribution in [0, 0.1) is 0 Å². The van der Waals surface area contributed by atoms with Gasteiger partial charge >= 0.3 is 5.97 Å². The van der Waals surface area contributed by atoms with E-state index in [0.717, 1.165) is 12.0 Å². The lowest BCUT2D eigenvalue weighted by Gasteiger charge is -2.18. The fourth-order valence-electron chi connectivity index (χ4n) is 3.37. The number of hydrogen-bond acceptors (Lipinski definition) is 7. The summed E-state index contributed by atoms with van der Waals surface area (Å²) in [5, 5.41) is 2.63. The molecular formula is C22H21NO7. The fourth-order valence-corrected chi connectivity index (χ4v) is 3.37. The van der Waals surface area contributed by atoms with E-state index in [9.17, 15) is 14.4 Å². The van der Waals surface area contributed by atoms with Crippen LogP contribution >= 0.6 is 0 Å². The fraction of sp³-hybridized carbons (Fsp3) is 0.318. The molecule has 8 heteroatoms. The highest BCUT2D eigenvalue weighted by Crippen LogP contribution is 2.41. The summed E-state index contributed by atoms with van der Waals surface area (Å²) in [6.07, 6.45) is 0.755. The Hall–Kier alpha value is -3.55. The number of carbonyl (C=O) groups excluding carboxylic acids is 3. The largest absolute Gasteiger partial charge is 0.483 e. The maximum absolute atomic E-state index is 12.3. The van der Waals surface area contributed by atoms with E-state index in [2.05, 4.69) is 5.32 Å². The van der Waals surface area contributed by atoms with Crippen molar-refractivity contribution in [1.82, 2.24) is 0 Å². The minimum Gasteiger partial charge on any atom is -0.483 e. The molecule has 4 rings (SSSR count). The number of nitrogens with one attached hydrogen (secondary N) is 1. The van der Waals surface area contributed by atoms with Crippen LogP contribution in [-0.2, 0) is 20.7 Å². The topological polar surface area (TPSA) is 100 Å². The molecular weight excluding hydrogens is 390 g/mol. The molecule has 2 heterocycles. The summed E-state index contributed by atoms with van der Waals surface area (Å²) in [4.78, 5) is 35.8. The van der Waals surface area contributed by atoms with Gasteiger partial charge in [-0.3, -0.25) is 9.59 Å². The third-order valence-corrected chi connectivity index (χ3v) is 4.70. The number of esters is 1. The molecule has 30 heavy (non-hydrogen) atoms. The lowest BCUT2D eigenvalue weighted by atomic mass is 10.0. The van der Waals surface area contributed by atoms with Crippen LogP contribution in [0.2, 0.25) is 0 Å². The Morgan fingerprint density at radius 1 is 1.17 bits per heavy atom. The van der Waals surface area contributed by atoms with Crippen LogP contribution in [0.4, 0.5) is 5.69 Å². The molecule has 0 saturated carbocycles. The first-order chi connectivity index (χ1) is 14.3. The van der Waals surface area contributed by atoms with E-state index in [4.69, 9.17) is 18.9 Å². The molecule has 2 aliphatic rings. The highest BCUT2D eigenvalue weighted by Gasteiger charge is 2.32.